The Morgan fingerprint density at radius 1 is 1.18 bits per heavy atom. The van der Waals surface area contributed by atoms with Gasteiger partial charge < -0.3 is 9.14 Å². The Kier molecular flexibility index (Phi) is 3.52. The molecule has 0 aliphatic heterocycles. The fourth-order valence-electron chi connectivity index (χ4n) is 2.37. The van der Waals surface area contributed by atoms with Gasteiger partial charge in [-0.25, -0.2) is 4.98 Å². The topological polar surface area (TPSA) is 26.5 Å². The number of ether oxygens (including phenoxy) is 1. The molecule has 0 unspecified atom stereocenters. The van der Waals surface area contributed by atoms with Crippen molar-refractivity contribution >= 4 is 5.65 Å². The first-order valence-electron chi connectivity index (χ1n) is 6.64. The van der Waals surface area contributed by atoms with Gasteiger partial charge in [0, 0.05) is 24.9 Å². The summed E-state index contributed by atoms with van der Waals surface area (Å²) < 4.78 is 45.9. The minimum atomic E-state index is -4.36. The van der Waals surface area contributed by atoms with Gasteiger partial charge in [0.1, 0.15) is 11.4 Å². The fourth-order valence-corrected chi connectivity index (χ4v) is 2.37. The quantitative estimate of drug-likeness (QED) is 0.732. The lowest BCUT2D eigenvalue weighted by atomic mass is 10.0. The van der Waals surface area contributed by atoms with Crippen LogP contribution in [-0.2, 0) is 12.6 Å². The third-order valence-electron chi connectivity index (χ3n) is 3.41. The minimum absolute atomic E-state index is 0.125. The summed E-state index contributed by atoms with van der Waals surface area (Å²) in [5.41, 5.74) is 0.804. The zero-order valence-electron chi connectivity index (χ0n) is 11.8. The Morgan fingerprint density at radius 3 is 2.68 bits per heavy atom. The average molecular weight is 306 g/mol. The van der Waals surface area contributed by atoms with Crippen LogP contribution in [0, 0.1) is 0 Å². The molecule has 0 saturated heterocycles. The van der Waals surface area contributed by atoms with Crippen LogP contribution in [0.3, 0.4) is 0 Å². The maximum atomic E-state index is 13.0. The molecule has 0 bridgehead atoms. The zero-order chi connectivity index (χ0) is 15.7. The molecule has 0 amide bonds. The molecule has 0 N–H and O–H groups in total. The first-order valence-corrected chi connectivity index (χ1v) is 6.64. The maximum Gasteiger partial charge on any atom is 0.416 e. The highest BCUT2D eigenvalue weighted by Gasteiger charge is 2.32. The van der Waals surface area contributed by atoms with Crippen LogP contribution < -0.4 is 4.74 Å². The molecule has 0 aliphatic carbocycles. The van der Waals surface area contributed by atoms with Gasteiger partial charge in [-0.3, -0.25) is 0 Å². The van der Waals surface area contributed by atoms with E-state index < -0.39 is 11.7 Å². The first kappa shape index (κ1) is 14.4. The number of alkyl halides is 3. The number of hydrogen-bond acceptors (Lipinski definition) is 2. The number of pyridine rings is 1. The van der Waals surface area contributed by atoms with Crippen molar-refractivity contribution in [2.24, 2.45) is 0 Å². The van der Waals surface area contributed by atoms with Crippen LogP contribution in [0.5, 0.6) is 5.75 Å². The number of methoxy groups -OCH3 is 1. The SMILES string of the molecule is COc1ccn2cc(Cc3ccccc3C(F)(F)F)nc2c1. The van der Waals surface area contributed by atoms with E-state index in [1.807, 2.05) is 0 Å². The van der Waals surface area contributed by atoms with Crippen LogP contribution in [-0.4, -0.2) is 16.5 Å². The number of benzene rings is 1. The predicted molar refractivity (Wildman–Crippen MR) is 76.0 cm³/mol. The van der Waals surface area contributed by atoms with E-state index in [2.05, 4.69) is 4.98 Å². The third kappa shape index (κ3) is 2.77. The molecule has 114 valence electrons. The molecule has 0 aliphatic rings. The summed E-state index contributed by atoms with van der Waals surface area (Å²) in [6.07, 6.45) is -0.749. The zero-order valence-corrected chi connectivity index (χ0v) is 11.8. The molecule has 6 heteroatoms. The van der Waals surface area contributed by atoms with Crippen molar-refractivity contribution in [3.8, 4) is 5.75 Å². The Balaban J connectivity index is 1.97. The van der Waals surface area contributed by atoms with Gasteiger partial charge in [-0.15, -0.1) is 0 Å². The van der Waals surface area contributed by atoms with E-state index in [1.54, 1.807) is 42.1 Å². The van der Waals surface area contributed by atoms with Crippen molar-refractivity contribution < 1.29 is 17.9 Å². The smallest absolute Gasteiger partial charge is 0.416 e. The van der Waals surface area contributed by atoms with Gasteiger partial charge in [0.15, 0.2) is 0 Å². The summed E-state index contributed by atoms with van der Waals surface area (Å²) in [4.78, 5) is 4.36. The molecule has 2 heterocycles. The maximum absolute atomic E-state index is 13.0. The minimum Gasteiger partial charge on any atom is -0.497 e. The normalized spacial score (nSPS) is 11.8. The summed E-state index contributed by atoms with van der Waals surface area (Å²) >= 11 is 0. The number of rotatable bonds is 3. The summed E-state index contributed by atoms with van der Waals surface area (Å²) in [7, 11) is 1.55. The largest absolute Gasteiger partial charge is 0.497 e. The molecule has 0 radical (unpaired) electrons. The van der Waals surface area contributed by atoms with Crippen molar-refractivity contribution in [1.29, 1.82) is 0 Å². The molecule has 0 fully saturated rings. The second kappa shape index (κ2) is 5.36. The number of fused-ring (bicyclic) bond motifs is 1. The Labute approximate surface area is 125 Å². The van der Waals surface area contributed by atoms with Gasteiger partial charge in [0.05, 0.1) is 18.4 Å². The summed E-state index contributed by atoms with van der Waals surface area (Å²) in [6.45, 7) is 0. The molecule has 3 aromatic rings. The van der Waals surface area contributed by atoms with E-state index in [4.69, 9.17) is 4.74 Å². The number of hydrogen-bond donors (Lipinski definition) is 0. The summed E-state index contributed by atoms with van der Waals surface area (Å²) in [6, 6.07) is 9.06. The van der Waals surface area contributed by atoms with Gasteiger partial charge >= 0.3 is 6.18 Å². The van der Waals surface area contributed by atoms with E-state index in [-0.39, 0.29) is 12.0 Å². The van der Waals surface area contributed by atoms with E-state index in [0.29, 0.717) is 17.1 Å². The summed E-state index contributed by atoms with van der Waals surface area (Å²) in [5.74, 6) is 0.653. The lowest BCUT2D eigenvalue weighted by Crippen LogP contribution is -2.09. The third-order valence-corrected chi connectivity index (χ3v) is 3.41. The molecule has 0 atom stereocenters. The second-order valence-electron chi connectivity index (χ2n) is 4.90. The van der Waals surface area contributed by atoms with Gasteiger partial charge in [-0.05, 0) is 17.7 Å². The number of imidazole rings is 1. The first-order chi connectivity index (χ1) is 10.5. The van der Waals surface area contributed by atoms with Crippen LogP contribution in [0.25, 0.3) is 5.65 Å². The van der Waals surface area contributed by atoms with Crippen molar-refractivity contribution in [3.63, 3.8) is 0 Å². The van der Waals surface area contributed by atoms with Crippen LogP contribution in [0.2, 0.25) is 0 Å². The number of nitrogens with zero attached hydrogens (tertiary/aromatic N) is 2. The highest BCUT2D eigenvalue weighted by atomic mass is 19.4. The number of halogens is 3. The van der Waals surface area contributed by atoms with Crippen molar-refractivity contribution in [3.05, 3.63) is 65.6 Å². The van der Waals surface area contributed by atoms with E-state index in [9.17, 15) is 13.2 Å². The summed E-state index contributed by atoms with van der Waals surface area (Å²) in [5, 5.41) is 0. The van der Waals surface area contributed by atoms with Crippen molar-refractivity contribution in [1.82, 2.24) is 9.38 Å². The molecule has 22 heavy (non-hydrogen) atoms. The molecular formula is C16H13F3N2O. The molecule has 0 saturated carbocycles. The Hall–Kier alpha value is -2.50. The molecule has 1 aromatic carbocycles. The fraction of sp³-hybridized carbons (Fsp3) is 0.188. The Morgan fingerprint density at radius 2 is 1.95 bits per heavy atom. The van der Waals surface area contributed by atoms with Crippen LogP contribution in [0.15, 0.2) is 48.8 Å². The van der Waals surface area contributed by atoms with E-state index in [0.717, 1.165) is 6.07 Å². The second-order valence-corrected chi connectivity index (χ2v) is 4.90. The van der Waals surface area contributed by atoms with Gasteiger partial charge in [-0.2, -0.15) is 13.2 Å². The van der Waals surface area contributed by atoms with Crippen molar-refractivity contribution in [2.45, 2.75) is 12.6 Å². The standard InChI is InChI=1S/C16H13F3N2O/c1-22-13-6-7-21-10-12(20-15(21)9-13)8-11-4-2-3-5-14(11)16(17,18)19/h2-7,9-10H,8H2,1H3. The van der Waals surface area contributed by atoms with Crippen LogP contribution in [0.1, 0.15) is 16.8 Å². The van der Waals surface area contributed by atoms with Gasteiger partial charge in [-0.1, -0.05) is 18.2 Å². The van der Waals surface area contributed by atoms with Crippen LogP contribution in [0.4, 0.5) is 13.2 Å². The van der Waals surface area contributed by atoms with E-state index in [1.165, 1.54) is 12.1 Å². The molecule has 0 spiro atoms. The lowest BCUT2D eigenvalue weighted by molar-refractivity contribution is -0.138. The van der Waals surface area contributed by atoms with E-state index >= 15 is 0 Å². The van der Waals surface area contributed by atoms with Gasteiger partial charge in [0.2, 0.25) is 0 Å². The molecule has 3 nitrogen and oxygen atoms in total. The highest BCUT2D eigenvalue weighted by molar-refractivity contribution is 5.46. The predicted octanol–water partition coefficient (Wildman–Crippen LogP) is 3.95. The van der Waals surface area contributed by atoms with Crippen LogP contribution >= 0.6 is 0 Å². The lowest BCUT2D eigenvalue weighted by Gasteiger charge is -2.11. The molecule has 2 aromatic heterocycles. The molecule has 3 rings (SSSR count). The highest BCUT2D eigenvalue weighted by Crippen LogP contribution is 2.32. The number of aromatic nitrogens is 2. The Bertz CT molecular complexity index is 809. The monoisotopic (exact) mass is 306 g/mol. The van der Waals surface area contributed by atoms with Gasteiger partial charge in [0.25, 0.3) is 0 Å². The van der Waals surface area contributed by atoms with Crippen molar-refractivity contribution in [2.75, 3.05) is 7.11 Å². The molecular weight excluding hydrogens is 293 g/mol. The average Bonchev–Trinajstić information content (AvgIpc) is 2.87.